The fraction of sp³-hybridized carbons (Fsp3) is 0.324. The molecule has 4 aromatic rings. The molecule has 2 aliphatic rings. The number of amides is 3. The smallest absolute Gasteiger partial charge is 0.436 e. The number of fused-ring (bicyclic) bond motifs is 2. The van der Waals surface area contributed by atoms with Crippen LogP contribution >= 0.6 is 0 Å². The Hall–Kier alpha value is -4.89. The summed E-state index contributed by atoms with van der Waals surface area (Å²) in [7, 11) is 0. The van der Waals surface area contributed by atoms with Crippen LogP contribution in [-0.2, 0) is 38.6 Å². The van der Waals surface area contributed by atoms with E-state index in [0.717, 1.165) is 33.9 Å². The molecule has 238 valence electrons. The summed E-state index contributed by atoms with van der Waals surface area (Å²) in [5, 5.41) is 13.0. The molecular formula is C37H39N3O6. The molecule has 0 bridgehead atoms. The Labute approximate surface area is 268 Å². The maximum Gasteiger partial charge on any atom is 0.436 e. The minimum Gasteiger partial charge on any atom is -0.508 e. The highest BCUT2D eigenvalue weighted by molar-refractivity contribution is 5.92. The van der Waals surface area contributed by atoms with E-state index in [0.29, 0.717) is 12.5 Å². The maximum absolute atomic E-state index is 14.2. The molecule has 3 amide bonds. The number of hydroxylamine groups is 2. The standard InChI is InChI=1S/C37H39N3O6/c1-25(2)19-20-38-23-34-39(32(35(38)42)21-27-15-17-30(41)18-16-27)36(43)33(22-26-9-4-3-5-10-26)46-40(34)37(44)45-24-29-13-8-12-28-11-6-7-14-31(28)29/h3-18,25,32-34,41H,19-24H2,1-2H3/t32-,33+,34?/m0/s1. The Morgan fingerprint density at radius 3 is 2.33 bits per heavy atom. The number of rotatable bonds is 9. The molecular weight excluding hydrogens is 582 g/mol. The molecule has 1 unspecified atom stereocenters. The number of hydrogen-bond acceptors (Lipinski definition) is 6. The second kappa shape index (κ2) is 13.6. The van der Waals surface area contributed by atoms with Crippen LogP contribution in [0.4, 0.5) is 4.79 Å². The number of carbonyl (C=O) groups is 3. The monoisotopic (exact) mass is 621 g/mol. The van der Waals surface area contributed by atoms with Gasteiger partial charge in [0, 0.05) is 19.4 Å². The first-order valence-electron chi connectivity index (χ1n) is 15.8. The third-order valence-electron chi connectivity index (χ3n) is 8.70. The lowest BCUT2D eigenvalue weighted by Gasteiger charge is -2.52. The third kappa shape index (κ3) is 6.70. The highest BCUT2D eigenvalue weighted by atomic mass is 16.7. The van der Waals surface area contributed by atoms with Gasteiger partial charge in [0.1, 0.15) is 18.4 Å². The lowest BCUT2D eigenvalue weighted by atomic mass is 9.96. The van der Waals surface area contributed by atoms with E-state index in [4.69, 9.17) is 9.57 Å². The molecule has 0 spiro atoms. The van der Waals surface area contributed by atoms with Crippen molar-refractivity contribution >= 4 is 28.7 Å². The van der Waals surface area contributed by atoms with Gasteiger partial charge in [-0.1, -0.05) is 98.8 Å². The Balaban J connectivity index is 1.33. The number of carbonyl (C=O) groups excluding carboxylic acids is 3. The van der Waals surface area contributed by atoms with Gasteiger partial charge in [-0.2, -0.15) is 5.06 Å². The van der Waals surface area contributed by atoms with Crippen molar-refractivity contribution in [1.29, 1.82) is 0 Å². The topological polar surface area (TPSA) is 99.6 Å². The highest BCUT2D eigenvalue weighted by Crippen LogP contribution is 2.32. The lowest BCUT2D eigenvalue weighted by molar-refractivity contribution is -0.266. The maximum atomic E-state index is 14.2. The van der Waals surface area contributed by atoms with Crippen LogP contribution in [0.3, 0.4) is 0 Å². The van der Waals surface area contributed by atoms with Crippen molar-refractivity contribution in [2.24, 2.45) is 5.92 Å². The molecule has 2 saturated heterocycles. The van der Waals surface area contributed by atoms with E-state index < -0.39 is 24.4 Å². The Morgan fingerprint density at radius 1 is 0.870 bits per heavy atom. The minimum atomic E-state index is -1.04. The van der Waals surface area contributed by atoms with E-state index in [1.807, 2.05) is 72.8 Å². The number of phenols is 1. The van der Waals surface area contributed by atoms with Crippen molar-refractivity contribution in [1.82, 2.24) is 14.9 Å². The molecule has 9 heteroatoms. The zero-order valence-corrected chi connectivity index (χ0v) is 26.1. The van der Waals surface area contributed by atoms with Gasteiger partial charge in [-0.25, -0.2) is 4.79 Å². The second-order valence-electron chi connectivity index (χ2n) is 12.4. The molecule has 9 nitrogen and oxygen atoms in total. The largest absolute Gasteiger partial charge is 0.508 e. The van der Waals surface area contributed by atoms with Crippen molar-refractivity contribution in [3.8, 4) is 5.75 Å². The SMILES string of the molecule is CC(C)CCN1CC2N(C(=O)OCc3cccc4ccccc34)O[C@H](Cc3ccccc3)C(=O)N2[C@@H](Cc2ccc(O)cc2)C1=O. The highest BCUT2D eigenvalue weighted by Gasteiger charge is 2.53. The van der Waals surface area contributed by atoms with Crippen LogP contribution in [-0.4, -0.2) is 69.3 Å². The predicted molar refractivity (Wildman–Crippen MR) is 173 cm³/mol. The van der Waals surface area contributed by atoms with E-state index >= 15 is 0 Å². The van der Waals surface area contributed by atoms with Crippen LogP contribution < -0.4 is 0 Å². The van der Waals surface area contributed by atoms with Crippen molar-refractivity contribution < 1.29 is 29.1 Å². The van der Waals surface area contributed by atoms with Gasteiger partial charge in [0.05, 0.1) is 6.54 Å². The summed E-state index contributed by atoms with van der Waals surface area (Å²) in [4.78, 5) is 51.8. The predicted octanol–water partition coefficient (Wildman–Crippen LogP) is 5.69. The molecule has 0 radical (unpaired) electrons. The zero-order valence-electron chi connectivity index (χ0n) is 26.1. The van der Waals surface area contributed by atoms with Crippen LogP contribution in [0.15, 0.2) is 97.1 Å². The van der Waals surface area contributed by atoms with Gasteiger partial charge in [-0.05, 0) is 51.9 Å². The fourth-order valence-corrected chi connectivity index (χ4v) is 6.21. The van der Waals surface area contributed by atoms with Crippen LogP contribution in [0.2, 0.25) is 0 Å². The first kappa shape index (κ1) is 31.1. The second-order valence-corrected chi connectivity index (χ2v) is 12.4. The van der Waals surface area contributed by atoms with Crippen molar-refractivity contribution in [2.75, 3.05) is 13.1 Å². The normalized spacial score (nSPS) is 19.9. The van der Waals surface area contributed by atoms with Crippen molar-refractivity contribution in [3.63, 3.8) is 0 Å². The first-order valence-corrected chi connectivity index (χ1v) is 15.8. The number of nitrogens with zero attached hydrogens (tertiary/aromatic N) is 3. The molecule has 6 rings (SSSR count). The zero-order chi connectivity index (χ0) is 32.2. The molecule has 2 heterocycles. The van der Waals surface area contributed by atoms with Gasteiger partial charge >= 0.3 is 6.09 Å². The number of benzene rings is 4. The number of hydrogen-bond donors (Lipinski definition) is 1. The molecule has 4 aromatic carbocycles. The molecule has 46 heavy (non-hydrogen) atoms. The van der Waals surface area contributed by atoms with E-state index in [1.54, 1.807) is 29.2 Å². The van der Waals surface area contributed by atoms with Crippen LogP contribution in [0.25, 0.3) is 10.8 Å². The molecule has 0 saturated carbocycles. The van der Waals surface area contributed by atoms with Crippen LogP contribution in [0.5, 0.6) is 5.75 Å². The number of piperazine rings is 1. The third-order valence-corrected chi connectivity index (χ3v) is 8.70. The summed E-state index contributed by atoms with van der Waals surface area (Å²) in [6.45, 7) is 4.77. The summed E-state index contributed by atoms with van der Waals surface area (Å²) < 4.78 is 5.88. The average Bonchev–Trinajstić information content (AvgIpc) is 3.06. The summed E-state index contributed by atoms with van der Waals surface area (Å²) in [6.07, 6.45) is -1.45. The van der Waals surface area contributed by atoms with Gasteiger partial charge in [0.25, 0.3) is 5.91 Å². The molecule has 0 aromatic heterocycles. The number of aromatic hydroxyl groups is 1. The van der Waals surface area contributed by atoms with E-state index in [2.05, 4.69) is 13.8 Å². The van der Waals surface area contributed by atoms with Gasteiger partial charge in [-0.3, -0.25) is 14.4 Å². The molecule has 1 N–H and O–H groups in total. The van der Waals surface area contributed by atoms with E-state index in [-0.39, 0.29) is 43.6 Å². The first-order chi connectivity index (χ1) is 22.3. The van der Waals surface area contributed by atoms with Crippen LogP contribution in [0, 0.1) is 5.92 Å². The average molecular weight is 622 g/mol. The van der Waals surface area contributed by atoms with Crippen molar-refractivity contribution in [3.05, 3.63) is 114 Å². The lowest BCUT2D eigenvalue weighted by Crippen LogP contribution is -2.74. The molecule has 2 fully saturated rings. The quantitative estimate of drug-likeness (QED) is 0.258. The fourth-order valence-electron chi connectivity index (χ4n) is 6.21. The van der Waals surface area contributed by atoms with Gasteiger partial charge in [-0.15, -0.1) is 0 Å². The Kier molecular flexibility index (Phi) is 9.21. The Bertz CT molecular complexity index is 1690. The van der Waals surface area contributed by atoms with Gasteiger partial charge in [0.2, 0.25) is 5.91 Å². The van der Waals surface area contributed by atoms with Gasteiger partial charge in [0.15, 0.2) is 12.3 Å². The van der Waals surface area contributed by atoms with E-state index in [1.165, 1.54) is 9.96 Å². The molecule has 3 atom stereocenters. The van der Waals surface area contributed by atoms with Crippen molar-refractivity contribution in [2.45, 2.75) is 58.0 Å². The molecule has 2 aliphatic heterocycles. The Morgan fingerprint density at radius 2 is 1.57 bits per heavy atom. The van der Waals surface area contributed by atoms with E-state index in [9.17, 15) is 19.5 Å². The minimum absolute atomic E-state index is 0.0109. The summed E-state index contributed by atoms with van der Waals surface area (Å²) in [6, 6.07) is 28.9. The molecule has 0 aliphatic carbocycles. The van der Waals surface area contributed by atoms with Gasteiger partial charge < -0.3 is 19.6 Å². The number of ether oxygens (including phenoxy) is 1. The summed E-state index contributed by atoms with van der Waals surface area (Å²) in [5.41, 5.74) is 2.49. The summed E-state index contributed by atoms with van der Waals surface area (Å²) >= 11 is 0. The number of phenolic OH excluding ortho intramolecular Hbond substituents is 1. The summed E-state index contributed by atoms with van der Waals surface area (Å²) in [5.74, 6) is -0.0707. The van der Waals surface area contributed by atoms with Crippen LogP contribution in [0.1, 0.15) is 37.0 Å².